The highest BCUT2D eigenvalue weighted by Crippen LogP contribution is 2.34. The van der Waals surface area contributed by atoms with Gasteiger partial charge in [0.15, 0.2) is 0 Å². The van der Waals surface area contributed by atoms with E-state index in [1.165, 1.54) is 12.1 Å². The van der Waals surface area contributed by atoms with Crippen LogP contribution in [0, 0.1) is 5.82 Å². The Bertz CT molecular complexity index is 372. The minimum absolute atomic E-state index is 0.0210. The van der Waals surface area contributed by atoms with E-state index in [-0.39, 0.29) is 18.0 Å². The van der Waals surface area contributed by atoms with Gasteiger partial charge in [0, 0.05) is 23.9 Å². The number of alkyl halides is 1. The number of halogens is 2. The molecule has 1 saturated carbocycles. The molecule has 0 N–H and O–H groups in total. The first-order valence-electron chi connectivity index (χ1n) is 5.88. The van der Waals surface area contributed by atoms with Crippen LogP contribution in [0.2, 0.25) is 0 Å². The highest BCUT2D eigenvalue weighted by Gasteiger charge is 2.42. The fourth-order valence-corrected chi connectivity index (χ4v) is 2.68. The van der Waals surface area contributed by atoms with Gasteiger partial charge in [0.1, 0.15) is 23.8 Å². The number of rotatable bonds is 5. The van der Waals surface area contributed by atoms with Crippen molar-refractivity contribution < 1.29 is 13.9 Å². The van der Waals surface area contributed by atoms with Gasteiger partial charge in [0.05, 0.1) is 0 Å². The molecule has 17 heavy (non-hydrogen) atoms. The van der Waals surface area contributed by atoms with E-state index in [9.17, 15) is 4.39 Å². The maximum atomic E-state index is 13.0. The van der Waals surface area contributed by atoms with Crippen LogP contribution in [-0.4, -0.2) is 23.6 Å². The summed E-state index contributed by atoms with van der Waals surface area (Å²) in [6.07, 6.45) is 1.97. The van der Waals surface area contributed by atoms with Gasteiger partial charge in [0.2, 0.25) is 0 Å². The van der Waals surface area contributed by atoms with Crippen molar-refractivity contribution in [3.63, 3.8) is 0 Å². The Labute approximate surface area is 109 Å². The van der Waals surface area contributed by atoms with Gasteiger partial charge in [-0.1, -0.05) is 28.9 Å². The van der Waals surface area contributed by atoms with Gasteiger partial charge < -0.3 is 9.47 Å². The minimum Gasteiger partial charge on any atom is -0.488 e. The average Bonchev–Trinajstić information content (AvgIpc) is 2.29. The lowest BCUT2D eigenvalue weighted by Gasteiger charge is -2.40. The van der Waals surface area contributed by atoms with Gasteiger partial charge in [-0.15, -0.1) is 0 Å². The van der Waals surface area contributed by atoms with Crippen molar-refractivity contribution in [3.05, 3.63) is 30.1 Å². The molecule has 3 unspecified atom stereocenters. The molecule has 0 aliphatic heterocycles. The van der Waals surface area contributed by atoms with Crippen LogP contribution in [-0.2, 0) is 4.74 Å². The SMILES string of the molecule is CCCOC1C(Br)CC1Oc1cccc(F)c1. The van der Waals surface area contributed by atoms with E-state index in [0.717, 1.165) is 19.4 Å². The summed E-state index contributed by atoms with van der Waals surface area (Å²) in [5, 5.41) is 0. The lowest BCUT2D eigenvalue weighted by molar-refractivity contribution is -0.0762. The first kappa shape index (κ1) is 12.8. The van der Waals surface area contributed by atoms with E-state index in [4.69, 9.17) is 9.47 Å². The molecule has 0 spiro atoms. The second kappa shape index (κ2) is 5.83. The molecule has 0 bridgehead atoms. The van der Waals surface area contributed by atoms with Gasteiger partial charge in [-0.3, -0.25) is 0 Å². The molecule has 2 rings (SSSR count). The summed E-state index contributed by atoms with van der Waals surface area (Å²) in [6.45, 7) is 2.81. The van der Waals surface area contributed by atoms with Gasteiger partial charge >= 0.3 is 0 Å². The van der Waals surface area contributed by atoms with Crippen LogP contribution < -0.4 is 4.74 Å². The number of benzene rings is 1. The molecule has 1 aliphatic carbocycles. The maximum Gasteiger partial charge on any atom is 0.127 e. The largest absolute Gasteiger partial charge is 0.488 e. The lowest BCUT2D eigenvalue weighted by atomic mass is 9.91. The van der Waals surface area contributed by atoms with E-state index in [0.29, 0.717) is 10.6 Å². The fraction of sp³-hybridized carbons (Fsp3) is 0.538. The zero-order chi connectivity index (χ0) is 12.3. The topological polar surface area (TPSA) is 18.5 Å². The molecule has 3 atom stereocenters. The Balaban J connectivity index is 1.91. The Morgan fingerprint density at radius 3 is 2.94 bits per heavy atom. The summed E-state index contributed by atoms with van der Waals surface area (Å²) < 4.78 is 24.4. The molecule has 0 radical (unpaired) electrons. The fourth-order valence-electron chi connectivity index (χ4n) is 1.82. The maximum absolute atomic E-state index is 13.0. The molecular formula is C13H16BrFO2. The molecule has 0 amide bonds. The zero-order valence-corrected chi connectivity index (χ0v) is 11.3. The van der Waals surface area contributed by atoms with Crippen molar-refractivity contribution in [2.45, 2.75) is 36.8 Å². The van der Waals surface area contributed by atoms with Crippen LogP contribution in [0.5, 0.6) is 5.75 Å². The van der Waals surface area contributed by atoms with E-state index in [2.05, 4.69) is 22.9 Å². The van der Waals surface area contributed by atoms with Gasteiger partial charge in [0.25, 0.3) is 0 Å². The molecule has 1 aliphatic rings. The third kappa shape index (κ3) is 3.19. The molecule has 4 heteroatoms. The summed E-state index contributed by atoms with van der Waals surface area (Å²) in [5.41, 5.74) is 0. The van der Waals surface area contributed by atoms with Crippen LogP contribution in [0.1, 0.15) is 19.8 Å². The second-order valence-corrected chi connectivity index (χ2v) is 5.38. The minimum atomic E-state index is -0.275. The number of hydrogen-bond donors (Lipinski definition) is 0. The van der Waals surface area contributed by atoms with Crippen LogP contribution in [0.3, 0.4) is 0 Å². The average molecular weight is 303 g/mol. The third-order valence-electron chi connectivity index (χ3n) is 2.78. The highest BCUT2D eigenvalue weighted by atomic mass is 79.9. The predicted octanol–water partition coefficient (Wildman–Crippen LogP) is 3.54. The molecule has 94 valence electrons. The number of hydrogen-bond acceptors (Lipinski definition) is 2. The first-order valence-corrected chi connectivity index (χ1v) is 6.80. The van der Waals surface area contributed by atoms with Crippen molar-refractivity contribution in [3.8, 4) is 5.75 Å². The lowest BCUT2D eigenvalue weighted by Crippen LogP contribution is -2.52. The zero-order valence-electron chi connectivity index (χ0n) is 9.74. The number of ether oxygens (including phenoxy) is 2. The molecule has 2 nitrogen and oxygen atoms in total. The summed E-state index contributed by atoms with van der Waals surface area (Å²) in [5.74, 6) is 0.294. The molecule has 1 fully saturated rings. The van der Waals surface area contributed by atoms with E-state index in [1.54, 1.807) is 12.1 Å². The quantitative estimate of drug-likeness (QED) is 0.775. The molecule has 0 heterocycles. The molecule has 0 aromatic heterocycles. The van der Waals surface area contributed by atoms with Gasteiger partial charge in [-0.2, -0.15) is 0 Å². The van der Waals surface area contributed by atoms with Gasteiger partial charge in [-0.25, -0.2) is 4.39 Å². The standard InChI is InChI=1S/C13H16BrFO2/c1-2-6-16-13-11(14)8-12(13)17-10-5-3-4-9(15)7-10/h3-5,7,11-13H,2,6,8H2,1H3. The van der Waals surface area contributed by atoms with Crippen molar-refractivity contribution in [2.75, 3.05) is 6.61 Å². The molecule has 1 aromatic carbocycles. The predicted molar refractivity (Wildman–Crippen MR) is 68.2 cm³/mol. The van der Waals surface area contributed by atoms with E-state index < -0.39 is 0 Å². The van der Waals surface area contributed by atoms with Crippen molar-refractivity contribution in [1.82, 2.24) is 0 Å². The van der Waals surface area contributed by atoms with E-state index in [1.807, 2.05) is 0 Å². The van der Waals surface area contributed by atoms with Crippen LogP contribution in [0.25, 0.3) is 0 Å². The molecular weight excluding hydrogens is 287 g/mol. The highest BCUT2D eigenvalue weighted by molar-refractivity contribution is 9.09. The normalized spacial score (nSPS) is 27.6. The Kier molecular flexibility index (Phi) is 4.40. The Morgan fingerprint density at radius 2 is 2.29 bits per heavy atom. The Hall–Kier alpha value is -0.610. The summed E-state index contributed by atoms with van der Waals surface area (Å²) >= 11 is 3.55. The smallest absolute Gasteiger partial charge is 0.127 e. The molecule has 1 aromatic rings. The monoisotopic (exact) mass is 302 g/mol. The van der Waals surface area contributed by atoms with Crippen molar-refractivity contribution in [2.24, 2.45) is 0 Å². The summed E-state index contributed by atoms with van der Waals surface area (Å²) in [7, 11) is 0. The van der Waals surface area contributed by atoms with E-state index >= 15 is 0 Å². The van der Waals surface area contributed by atoms with Crippen molar-refractivity contribution >= 4 is 15.9 Å². The van der Waals surface area contributed by atoms with Crippen LogP contribution in [0.4, 0.5) is 4.39 Å². The summed E-state index contributed by atoms with van der Waals surface area (Å²) in [4.78, 5) is 0.340. The van der Waals surface area contributed by atoms with Crippen molar-refractivity contribution in [1.29, 1.82) is 0 Å². The second-order valence-electron chi connectivity index (χ2n) is 4.20. The van der Waals surface area contributed by atoms with Crippen LogP contribution >= 0.6 is 15.9 Å². The van der Waals surface area contributed by atoms with Gasteiger partial charge in [-0.05, 0) is 18.6 Å². The third-order valence-corrected chi connectivity index (χ3v) is 3.67. The Morgan fingerprint density at radius 1 is 1.47 bits per heavy atom. The van der Waals surface area contributed by atoms with Crippen LogP contribution in [0.15, 0.2) is 24.3 Å². The first-order chi connectivity index (χ1) is 8.20. The molecule has 0 saturated heterocycles. The summed E-state index contributed by atoms with van der Waals surface area (Å²) in [6, 6.07) is 6.23.